The molecule has 2 aromatic heterocycles. The predicted octanol–water partition coefficient (Wildman–Crippen LogP) is -2.28. The number of ether oxygens (including phenoxy) is 2. The Hall–Kier alpha value is -1.49. The third-order valence-corrected chi connectivity index (χ3v) is 4.52. The van der Waals surface area contributed by atoms with Crippen molar-refractivity contribution in [3.05, 3.63) is 12.0 Å². The van der Waals surface area contributed by atoms with Crippen molar-refractivity contribution in [2.45, 2.75) is 24.9 Å². The van der Waals surface area contributed by atoms with Gasteiger partial charge in [0, 0.05) is 0 Å². The number of aliphatic hydroxyl groups excluding tert-OH is 2. The summed E-state index contributed by atoms with van der Waals surface area (Å²) in [4.78, 5) is 8.50. The standard InChI is InChI=1S/C14H17AsN4O4/c1-22-4-2-3-8-12-13(15)16-7-17-14(12)19(18-8)11-5-9(21)10(6-20)23-11/h7,9-11,20-21H,4-6,15H2,1H3. The molecule has 122 valence electrons. The second-order valence-electron chi connectivity index (χ2n) is 5.10. The van der Waals surface area contributed by atoms with Crippen molar-refractivity contribution < 1.29 is 19.7 Å². The number of hydrogen-bond donors (Lipinski definition) is 2. The molecule has 1 saturated heterocycles. The Morgan fingerprint density at radius 3 is 3.04 bits per heavy atom. The summed E-state index contributed by atoms with van der Waals surface area (Å²) in [5.74, 6) is 5.84. The zero-order valence-electron chi connectivity index (χ0n) is 12.5. The van der Waals surface area contributed by atoms with Crippen LogP contribution in [0, 0.1) is 11.8 Å². The van der Waals surface area contributed by atoms with Crippen LogP contribution in [-0.2, 0) is 9.47 Å². The Morgan fingerprint density at radius 1 is 1.52 bits per heavy atom. The Kier molecular flexibility index (Phi) is 4.95. The molecule has 4 unspecified atom stereocenters. The minimum absolute atomic E-state index is 0.242. The first-order valence-corrected chi connectivity index (χ1v) is 8.27. The Labute approximate surface area is 141 Å². The van der Waals surface area contributed by atoms with Crippen molar-refractivity contribution in [1.29, 1.82) is 0 Å². The van der Waals surface area contributed by atoms with Gasteiger partial charge in [0.25, 0.3) is 0 Å². The molecule has 0 aromatic carbocycles. The number of fused-ring (bicyclic) bond motifs is 1. The summed E-state index contributed by atoms with van der Waals surface area (Å²) in [5, 5.41) is 24.4. The summed E-state index contributed by atoms with van der Waals surface area (Å²) >= 11 is 1.35. The maximum atomic E-state index is 9.93. The minimum atomic E-state index is -0.737. The first-order chi connectivity index (χ1) is 11.2. The van der Waals surface area contributed by atoms with Gasteiger partial charge in [-0.2, -0.15) is 0 Å². The SMILES string of the molecule is COCC#Cc1nn(C2CC(O)C(CO)O2)c2ncnc([AsH2])c12. The van der Waals surface area contributed by atoms with Crippen molar-refractivity contribution in [2.75, 3.05) is 20.3 Å². The molecule has 0 saturated carbocycles. The first kappa shape index (κ1) is 16.4. The molecule has 1 aliphatic rings. The molecule has 8 nitrogen and oxygen atoms in total. The van der Waals surface area contributed by atoms with E-state index in [1.165, 1.54) is 23.2 Å². The summed E-state index contributed by atoms with van der Waals surface area (Å²) in [6.07, 6.45) is -0.0433. The van der Waals surface area contributed by atoms with E-state index in [1.807, 2.05) is 0 Å². The van der Waals surface area contributed by atoms with E-state index in [1.54, 1.807) is 11.8 Å². The van der Waals surface area contributed by atoms with Gasteiger partial charge in [0.05, 0.1) is 0 Å². The summed E-state index contributed by atoms with van der Waals surface area (Å²) in [5.41, 5.74) is 1.17. The molecule has 0 aliphatic carbocycles. The fourth-order valence-corrected chi connectivity index (χ4v) is 3.20. The molecule has 0 spiro atoms. The molecule has 3 heterocycles. The topological polar surface area (TPSA) is 103 Å². The van der Waals surface area contributed by atoms with E-state index in [2.05, 4.69) is 26.9 Å². The number of rotatable bonds is 3. The Bertz CT molecular complexity index is 769. The van der Waals surface area contributed by atoms with Crippen LogP contribution in [0.2, 0.25) is 0 Å². The molecule has 0 bridgehead atoms. The molecular weight excluding hydrogens is 363 g/mol. The van der Waals surface area contributed by atoms with Gasteiger partial charge in [-0.05, 0) is 0 Å². The molecule has 2 N–H and O–H groups in total. The number of hydrogen-bond acceptors (Lipinski definition) is 7. The average Bonchev–Trinajstić information content (AvgIpc) is 3.09. The van der Waals surface area contributed by atoms with Crippen LogP contribution in [0.4, 0.5) is 0 Å². The van der Waals surface area contributed by atoms with Gasteiger partial charge >= 0.3 is 141 Å². The van der Waals surface area contributed by atoms with Crippen molar-refractivity contribution in [3.8, 4) is 11.8 Å². The molecule has 3 rings (SSSR count). The molecular formula is C14H17AsN4O4. The second kappa shape index (κ2) is 6.95. The molecule has 0 amide bonds. The monoisotopic (exact) mass is 380 g/mol. The number of aromatic nitrogens is 4. The van der Waals surface area contributed by atoms with E-state index in [-0.39, 0.29) is 6.61 Å². The average molecular weight is 380 g/mol. The third-order valence-electron chi connectivity index (χ3n) is 3.60. The molecule has 2 aromatic rings. The Morgan fingerprint density at radius 2 is 2.35 bits per heavy atom. The van der Waals surface area contributed by atoms with Gasteiger partial charge in [0.2, 0.25) is 0 Å². The van der Waals surface area contributed by atoms with Gasteiger partial charge in [-0.3, -0.25) is 0 Å². The number of nitrogens with zero attached hydrogens (tertiary/aromatic N) is 4. The third kappa shape index (κ3) is 3.11. The van der Waals surface area contributed by atoms with Crippen LogP contribution in [0.5, 0.6) is 0 Å². The molecule has 1 aliphatic heterocycles. The zero-order valence-corrected chi connectivity index (χ0v) is 14.9. The van der Waals surface area contributed by atoms with E-state index >= 15 is 0 Å². The summed E-state index contributed by atoms with van der Waals surface area (Å²) in [6.45, 7) is 0.0615. The van der Waals surface area contributed by atoms with Crippen LogP contribution >= 0.6 is 0 Å². The van der Waals surface area contributed by atoms with Gasteiger partial charge in [-0.15, -0.1) is 0 Å². The molecule has 1 fully saturated rings. The van der Waals surface area contributed by atoms with E-state index in [4.69, 9.17) is 9.47 Å². The summed E-state index contributed by atoms with van der Waals surface area (Å²) < 4.78 is 13.0. The summed E-state index contributed by atoms with van der Waals surface area (Å²) in [7, 11) is 1.58. The van der Waals surface area contributed by atoms with Crippen LogP contribution in [0.25, 0.3) is 11.0 Å². The normalized spacial score (nSPS) is 23.9. The van der Waals surface area contributed by atoms with Gasteiger partial charge in [-0.25, -0.2) is 0 Å². The van der Waals surface area contributed by atoms with Crippen LogP contribution in [0.3, 0.4) is 0 Å². The Balaban J connectivity index is 2.05. The fraction of sp³-hybridized carbons (Fsp3) is 0.500. The zero-order chi connectivity index (χ0) is 16.4. The van der Waals surface area contributed by atoms with E-state index in [0.717, 1.165) is 9.87 Å². The number of aliphatic hydroxyl groups is 2. The van der Waals surface area contributed by atoms with E-state index in [0.29, 0.717) is 24.4 Å². The van der Waals surface area contributed by atoms with Crippen LogP contribution in [0.15, 0.2) is 6.33 Å². The second-order valence-corrected chi connectivity index (χ2v) is 6.25. The summed E-state index contributed by atoms with van der Waals surface area (Å²) in [6, 6.07) is 0. The fourth-order valence-electron chi connectivity index (χ4n) is 2.50. The quantitative estimate of drug-likeness (QED) is 0.457. The predicted molar refractivity (Wildman–Crippen MR) is 83.9 cm³/mol. The molecule has 0 radical (unpaired) electrons. The van der Waals surface area contributed by atoms with Gasteiger partial charge in [0.1, 0.15) is 0 Å². The van der Waals surface area contributed by atoms with Crippen LogP contribution in [-0.4, -0.2) is 79.3 Å². The maximum absolute atomic E-state index is 9.93. The van der Waals surface area contributed by atoms with Crippen molar-refractivity contribution in [2.24, 2.45) is 0 Å². The van der Waals surface area contributed by atoms with E-state index < -0.39 is 18.4 Å². The van der Waals surface area contributed by atoms with E-state index in [9.17, 15) is 10.2 Å². The van der Waals surface area contributed by atoms with Crippen molar-refractivity contribution >= 4 is 32.4 Å². The van der Waals surface area contributed by atoms with Crippen molar-refractivity contribution in [1.82, 2.24) is 19.7 Å². The number of methoxy groups -OCH3 is 1. The molecule has 9 heteroatoms. The molecule has 4 atom stereocenters. The van der Waals surface area contributed by atoms with Crippen LogP contribution in [0.1, 0.15) is 18.3 Å². The van der Waals surface area contributed by atoms with Gasteiger partial charge in [-0.1, -0.05) is 0 Å². The first-order valence-electron chi connectivity index (χ1n) is 7.06. The molecule has 23 heavy (non-hydrogen) atoms. The van der Waals surface area contributed by atoms with Gasteiger partial charge < -0.3 is 0 Å². The van der Waals surface area contributed by atoms with Crippen LogP contribution < -0.4 is 4.48 Å². The van der Waals surface area contributed by atoms with Crippen molar-refractivity contribution in [3.63, 3.8) is 0 Å². The van der Waals surface area contributed by atoms with Gasteiger partial charge in [0.15, 0.2) is 0 Å².